The molecule has 1 unspecified atom stereocenters. The zero-order chi connectivity index (χ0) is 25.1. The standard InChI is InChI=1S/C26H26BrF4N3O/c27-24-15-20(9-10-32-24)17-34-13-11-33(12-14-34)16-19-1-3-21(4-2-19)22-5-7-23(8-6-22)25(35,18-28)26(29,30)31/h1-10,15,35H,11-14,16-18H2. The lowest BCUT2D eigenvalue weighted by Crippen LogP contribution is -2.45. The molecule has 4 rings (SSSR count). The molecule has 0 amide bonds. The van der Waals surface area contributed by atoms with Crippen molar-refractivity contribution in [3.8, 4) is 11.1 Å². The van der Waals surface area contributed by atoms with Gasteiger partial charge in [-0.15, -0.1) is 0 Å². The average Bonchev–Trinajstić information content (AvgIpc) is 2.85. The van der Waals surface area contributed by atoms with Gasteiger partial charge in [0.25, 0.3) is 0 Å². The molecular formula is C26H26BrF4N3O. The first kappa shape index (κ1) is 25.8. The third-order valence-electron chi connectivity index (χ3n) is 6.38. The van der Waals surface area contributed by atoms with E-state index >= 15 is 0 Å². The van der Waals surface area contributed by atoms with Crippen molar-refractivity contribution in [2.45, 2.75) is 24.9 Å². The smallest absolute Gasteiger partial charge is 0.374 e. The number of hydrogen-bond donors (Lipinski definition) is 1. The highest BCUT2D eigenvalue weighted by molar-refractivity contribution is 9.10. The summed E-state index contributed by atoms with van der Waals surface area (Å²) in [5, 5.41) is 9.77. The highest BCUT2D eigenvalue weighted by Gasteiger charge is 2.55. The van der Waals surface area contributed by atoms with Crippen LogP contribution in [0.15, 0.2) is 71.5 Å². The summed E-state index contributed by atoms with van der Waals surface area (Å²) in [7, 11) is 0. The van der Waals surface area contributed by atoms with Crippen LogP contribution < -0.4 is 0 Å². The molecule has 0 aliphatic carbocycles. The number of pyridine rings is 1. The lowest BCUT2D eigenvalue weighted by atomic mass is 9.92. The summed E-state index contributed by atoms with van der Waals surface area (Å²) in [5.74, 6) is 0. The Labute approximate surface area is 210 Å². The van der Waals surface area contributed by atoms with Gasteiger partial charge >= 0.3 is 6.18 Å². The Kier molecular flexibility index (Phi) is 7.90. The molecule has 35 heavy (non-hydrogen) atoms. The fourth-order valence-electron chi connectivity index (χ4n) is 4.22. The van der Waals surface area contributed by atoms with Gasteiger partial charge < -0.3 is 5.11 Å². The molecule has 0 spiro atoms. The molecule has 1 aliphatic rings. The fraction of sp³-hybridized carbons (Fsp3) is 0.346. The van der Waals surface area contributed by atoms with Crippen molar-refractivity contribution in [1.29, 1.82) is 0 Å². The first-order chi connectivity index (χ1) is 16.7. The van der Waals surface area contributed by atoms with Gasteiger partial charge in [0, 0.05) is 45.5 Å². The predicted octanol–water partition coefficient (Wildman–Crippen LogP) is 5.55. The van der Waals surface area contributed by atoms with E-state index in [9.17, 15) is 22.7 Å². The highest BCUT2D eigenvalue weighted by atomic mass is 79.9. The number of benzene rings is 2. The van der Waals surface area contributed by atoms with Crippen molar-refractivity contribution in [2.75, 3.05) is 32.9 Å². The van der Waals surface area contributed by atoms with E-state index in [0.29, 0.717) is 5.56 Å². The molecule has 1 atom stereocenters. The third kappa shape index (κ3) is 6.09. The number of piperazine rings is 1. The molecule has 3 aromatic rings. The van der Waals surface area contributed by atoms with Crippen LogP contribution in [0.2, 0.25) is 0 Å². The molecule has 1 aromatic heterocycles. The Morgan fingerprint density at radius 3 is 1.80 bits per heavy atom. The van der Waals surface area contributed by atoms with Crippen LogP contribution in [-0.2, 0) is 18.7 Å². The molecule has 9 heteroatoms. The van der Waals surface area contributed by atoms with Crippen LogP contribution in [0.3, 0.4) is 0 Å². The van der Waals surface area contributed by atoms with Crippen LogP contribution >= 0.6 is 15.9 Å². The highest BCUT2D eigenvalue weighted by Crippen LogP contribution is 2.39. The first-order valence-corrected chi connectivity index (χ1v) is 12.1. The summed E-state index contributed by atoms with van der Waals surface area (Å²) in [6.45, 7) is 3.68. The zero-order valence-electron chi connectivity index (χ0n) is 19.0. The zero-order valence-corrected chi connectivity index (χ0v) is 20.6. The van der Waals surface area contributed by atoms with Gasteiger partial charge in [-0.25, -0.2) is 9.37 Å². The Hall–Kier alpha value is -2.33. The van der Waals surface area contributed by atoms with Gasteiger partial charge in [0.1, 0.15) is 11.3 Å². The molecule has 1 aliphatic heterocycles. The number of hydrogen-bond acceptors (Lipinski definition) is 4. The second-order valence-corrected chi connectivity index (χ2v) is 9.62. The maximum absolute atomic E-state index is 13.1. The normalized spacial score (nSPS) is 17.3. The Morgan fingerprint density at radius 1 is 0.800 bits per heavy atom. The Morgan fingerprint density at radius 2 is 1.31 bits per heavy atom. The first-order valence-electron chi connectivity index (χ1n) is 11.3. The lowest BCUT2D eigenvalue weighted by Gasteiger charge is -2.34. The van der Waals surface area contributed by atoms with E-state index in [4.69, 9.17) is 0 Å². The topological polar surface area (TPSA) is 39.6 Å². The number of aliphatic hydroxyl groups is 1. The van der Waals surface area contributed by atoms with E-state index in [1.807, 2.05) is 36.4 Å². The summed E-state index contributed by atoms with van der Waals surface area (Å²) in [5.41, 5.74) is -0.0836. The van der Waals surface area contributed by atoms with Gasteiger partial charge in [0.05, 0.1) is 0 Å². The summed E-state index contributed by atoms with van der Waals surface area (Å²) in [6.07, 6.45) is -3.29. The summed E-state index contributed by atoms with van der Waals surface area (Å²) < 4.78 is 53.1. The van der Waals surface area contributed by atoms with Crippen molar-refractivity contribution in [2.24, 2.45) is 0 Å². The molecule has 0 bridgehead atoms. The van der Waals surface area contributed by atoms with E-state index < -0.39 is 24.0 Å². The predicted molar refractivity (Wildman–Crippen MR) is 130 cm³/mol. The van der Waals surface area contributed by atoms with Crippen molar-refractivity contribution in [3.05, 3.63) is 88.2 Å². The van der Waals surface area contributed by atoms with Gasteiger partial charge in [-0.1, -0.05) is 48.5 Å². The quantitative estimate of drug-likeness (QED) is 0.309. The minimum atomic E-state index is -5.09. The van der Waals surface area contributed by atoms with Crippen LogP contribution in [0.1, 0.15) is 16.7 Å². The van der Waals surface area contributed by atoms with Crippen molar-refractivity contribution in [3.63, 3.8) is 0 Å². The number of rotatable bonds is 7. The van der Waals surface area contributed by atoms with Gasteiger partial charge in [0.15, 0.2) is 0 Å². The van der Waals surface area contributed by atoms with E-state index in [0.717, 1.165) is 67.1 Å². The van der Waals surface area contributed by atoms with Crippen molar-refractivity contribution in [1.82, 2.24) is 14.8 Å². The number of halogens is 5. The average molecular weight is 552 g/mol. The number of alkyl halides is 4. The molecule has 2 aromatic carbocycles. The second-order valence-electron chi connectivity index (χ2n) is 8.81. The maximum Gasteiger partial charge on any atom is 0.424 e. The monoisotopic (exact) mass is 551 g/mol. The largest absolute Gasteiger partial charge is 0.424 e. The Balaban J connectivity index is 1.32. The van der Waals surface area contributed by atoms with E-state index in [2.05, 4.69) is 30.7 Å². The van der Waals surface area contributed by atoms with Gasteiger partial charge in [0.2, 0.25) is 5.60 Å². The third-order valence-corrected chi connectivity index (χ3v) is 6.81. The minimum Gasteiger partial charge on any atom is -0.374 e. The van der Waals surface area contributed by atoms with Crippen LogP contribution in [0.25, 0.3) is 11.1 Å². The molecule has 1 saturated heterocycles. The van der Waals surface area contributed by atoms with E-state index in [1.54, 1.807) is 6.20 Å². The van der Waals surface area contributed by atoms with Gasteiger partial charge in [-0.3, -0.25) is 9.80 Å². The molecule has 1 N–H and O–H groups in total. The van der Waals surface area contributed by atoms with Crippen molar-refractivity contribution < 1.29 is 22.7 Å². The second kappa shape index (κ2) is 10.7. The van der Waals surface area contributed by atoms with Crippen LogP contribution in [-0.4, -0.2) is 58.9 Å². The van der Waals surface area contributed by atoms with Crippen LogP contribution in [0.4, 0.5) is 17.6 Å². The lowest BCUT2D eigenvalue weighted by molar-refractivity contribution is -0.271. The Bertz CT molecular complexity index is 1120. The van der Waals surface area contributed by atoms with Gasteiger partial charge in [-0.2, -0.15) is 13.2 Å². The summed E-state index contributed by atoms with van der Waals surface area (Å²) in [4.78, 5) is 8.99. The molecule has 0 saturated carbocycles. The number of nitrogens with zero attached hydrogens (tertiary/aromatic N) is 3. The SMILES string of the molecule is OC(CF)(c1ccc(-c2ccc(CN3CCN(Cc4ccnc(Br)c4)CC3)cc2)cc1)C(F)(F)F. The van der Waals surface area contributed by atoms with Crippen molar-refractivity contribution >= 4 is 15.9 Å². The minimum absolute atomic E-state index is 0.511. The van der Waals surface area contributed by atoms with Crippen LogP contribution in [0.5, 0.6) is 0 Å². The molecular weight excluding hydrogens is 526 g/mol. The van der Waals surface area contributed by atoms with E-state index in [-0.39, 0.29) is 0 Å². The van der Waals surface area contributed by atoms with Gasteiger partial charge in [-0.05, 0) is 55.9 Å². The maximum atomic E-state index is 13.1. The molecule has 1 fully saturated rings. The molecule has 4 nitrogen and oxygen atoms in total. The van der Waals surface area contributed by atoms with Crippen LogP contribution in [0, 0.1) is 0 Å². The fourth-order valence-corrected chi connectivity index (χ4v) is 4.63. The molecule has 2 heterocycles. The van der Waals surface area contributed by atoms with E-state index in [1.165, 1.54) is 17.7 Å². The number of aromatic nitrogens is 1. The summed E-state index contributed by atoms with van der Waals surface area (Å²) in [6, 6.07) is 17.1. The molecule has 186 valence electrons. The molecule has 0 radical (unpaired) electrons. The summed E-state index contributed by atoms with van der Waals surface area (Å²) >= 11 is 3.41.